The van der Waals surface area contributed by atoms with Crippen LogP contribution in [0.2, 0.25) is 0 Å². The highest BCUT2D eigenvalue weighted by molar-refractivity contribution is 4.66. The van der Waals surface area contributed by atoms with E-state index in [1.807, 2.05) is 0 Å². The Hall–Kier alpha value is -0.0400. The molecule has 0 unspecified atom stereocenters. The van der Waals surface area contributed by atoms with Gasteiger partial charge in [0.1, 0.15) is 0 Å². The Kier molecular flexibility index (Phi) is 7.12. The van der Waals surface area contributed by atoms with Gasteiger partial charge in [-0.3, -0.25) is 0 Å². The molecule has 0 saturated heterocycles. The van der Waals surface area contributed by atoms with Crippen molar-refractivity contribution in [3.63, 3.8) is 0 Å². The molecule has 0 atom stereocenters. The summed E-state index contributed by atoms with van der Waals surface area (Å²) in [6, 6.07) is 0. The zero-order valence-corrected chi connectivity index (χ0v) is 9.86. The highest BCUT2D eigenvalue weighted by atomic mass is 14.8. The molecule has 0 aromatic rings. The fourth-order valence-electron chi connectivity index (χ4n) is 2.42. The van der Waals surface area contributed by atoms with Gasteiger partial charge in [-0.25, -0.2) is 0 Å². The summed E-state index contributed by atoms with van der Waals surface area (Å²) in [6.07, 6.45) is 13.0. The van der Waals surface area contributed by atoms with Gasteiger partial charge in [0.2, 0.25) is 0 Å². The highest BCUT2D eigenvalue weighted by Crippen LogP contribution is 2.26. The van der Waals surface area contributed by atoms with Crippen LogP contribution in [-0.2, 0) is 0 Å². The second kappa shape index (κ2) is 8.28. The van der Waals surface area contributed by atoms with Crippen molar-refractivity contribution in [2.45, 2.75) is 64.7 Å². The molecule has 1 saturated carbocycles. The fourth-order valence-corrected chi connectivity index (χ4v) is 2.42. The lowest BCUT2D eigenvalue weighted by molar-refractivity contribution is 0.330. The predicted molar refractivity (Wildman–Crippen MR) is 63.6 cm³/mol. The molecule has 0 bridgehead atoms. The second-order valence-corrected chi connectivity index (χ2v) is 4.75. The Labute approximate surface area is 89.7 Å². The van der Waals surface area contributed by atoms with E-state index in [1.54, 1.807) is 0 Å². The van der Waals surface area contributed by atoms with E-state index in [0.717, 1.165) is 5.92 Å². The molecule has 0 aromatic heterocycles. The van der Waals surface area contributed by atoms with Crippen molar-refractivity contribution in [3.05, 3.63) is 0 Å². The quantitative estimate of drug-likeness (QED) is 0.613. The lowest BCUT2D eigenvalue weighted by Gasteiger charge is -2.21. The van der Waals surface area contributed by atoms with Crippen LogP contribution in [0.3, 0.4) is 0 Å². The molecular weight excluding hydrogens is 170 g/mol. The van der Waals surface area contributed by atoms with Crippen LogP contribution in [-0.4, -0.2) is 13.1 Å². The molecule has 1 rings (SSSR count). The van der Waals surface area contributed by atoms with Crippen LogP contribution in [0.4, 0.5) is 0 Å². The molecule has 1 nitrogen and oxygen atoms in total. The molecule has 0 heterocycles. The Morgan fingerprint density at radius 2 is 1.71 bits per heavy atom. The van der Waals surface area contributed by atoms with Gasteiger partial charge in [0.15, 0.2) is 0 Å². The van der Waals surface area contributed by atoms with Gasteiger partial charge in [-0.2, -0.15) is 0 Å². The average Bonchev–Trinajstić information content (AvgIpc) is 2.25. The Morgan fingerprint density at radius 1 is 1.00 bits per heavy atom. The number of unbranched alkanes of at least 4 members (excludes halogenated alkanes) is 1. The molecule has 1 heteroatoms. The van der Waals surface area contributed by atoms with E-state index >= 15 is 0 Å². The maximum atomic E-state index is 3.53. The first-order chi connectivity index (χ1) is 6.93. The molecule has 0 aromatic carbocycles. The molecule has 1 N–H and O–H groups in total. The fraction of sp³-hybridized carbons (Fsp3) is 1.00. The first kappa shape index (κ1) is 12.0. The van der Waals surface area contributed by atoms with Gasteiger partial charge in [0.25, 0.3) is 0 Å². The summed E-state index contributed by atoms with van der Waals surface area (Å²) < 4.78 is 0. The summed E-state index contributed by atoms with van der Waals surface area (Å²) in [5, 5.41) is 3.53. The molecular formula is C13H27N. The van der Waals surface area contributed by atoms with Gasteiger partial charge in [-0.15, -0.1) is 0 Å². The topological polar surface area (TPSA) is 12.0 Å². The molecule has 1 aliphatic carbocycles. The Bertz CT molecular complexity index is 116. The van der Waals surface area contributed by atoms with E-state index in [0.29, 0.717) is 0 Å². The largest absolute Gasteiger partial charge is 0.317 e. The number of rotatable bonds is 7. The van der Waals surface area contributed by atoms with Crippen LogP contribution in [0.5, 0.6) is 0 Å². The zero-order chi connectivity index (χ0) is 10.1. The van der Waals surface area contributed by atoms with Crippen molar-refractivity contribution in [1.29, 1.82) is 0 Å². The molecule has 0 aliphatic heterocycles. The van der Waals surface area contributed by atoms with Crippen LogP contribution in [0.25, 0.3) is 0 Å². The summed E-state index contributed by atoms with van der Waals surface area (Å²) in [5.74, 6) is 1.07. The predicted octanol–water partition coefficient (Wildman–Crippen LogP) is 3.74. The van der Waals surface area contributed by atoms with Crippen LogP contribution in [0.1, 0.15) is 64.7 Å². The van der Waals surface area contributed by atoms with E-state index in [4.69, 9.17) is 0 Å². The van der Waals surface area contributed by atoms with E-state index in [1.165, 1.54) is 70.9 Å². The average molecular weight is 197 g/mol. The van der Waals surface area contributed by atoms with E-state index in [2.05, 4.69) is 12.2 Å². The van der Waals surface area contributed by atoms with Crippen molar-refractivity contribution >= 4 is 0 Å². The van der Waals surface area contributed by atoms with Crippen LogP contribution < -0.4 is 5.32 Å². The summed E-state index contributed by atoms with van der Waals surface area (Å²) in [4.78, 5) is 0. The minimum Gasteiger partial charge on any atom is -0.317 e. The third-order valence-corrected chi connectivity index (χ3v) is 3.40. The van der Waals surface area contributed by atoms with Crippen LogP contribution in [0, 0.1) is 5.92 Å². The number of hydrogen-bond acceptors (Lipinski definition) is 1. The first-order valence-corrected chi connectivity index (χ1v) is 6.64. The van der Waals surface area contributed by atoms with Crippen molar-refractivity contribution in [2.75, 3.05) is 13.1 Å². The molecule has 0 radical (unpaired) electrons. The summed E-state index contributed by atoms with van der Waals surface area (Å²) >= 11 is 0. The highest BCUT2D eigenvalue weighted by Gasteiger charge is 2.12. The lowest BCUT2D eigenvalue weighted by Crippen LogP contribution is -2.17. The van der Waals surface area contributed by atoms with Crippen LogP contribution >= 0.6 is 0 Å². The van der Waals surface area contributed by atoms with Gasteiger partial charge in [0, 0.05) is 0 Å². The van der Waals surface area contributed by atoms with Crippen molar-refractivity contribution < 1.29 is 0 Å². The van der Waals surface area contributed by atoms with Crippen molar-refractivity contribution in [2.24, 2.45) is 5.92 Å². The normalized spacial score (nSPS) is 18.6. The maximum absolute atomic E-state index is 3.53. The third-order valence-electron chi connectivity index (χ3n) is 3.40. The lowest BCUT2D eigenvalue weighted by atomic mass is 9.86. The van der Waals surface area contributed by atoms with Gasteiger partial charge in [0.05, 0.1) is 0 Å². The Balaban J connectivity index is 1.82. The maximum Gasteiger partial charge on any atom is -0.00488 e. The van der Waals surface area contributed by atoms with E-state index < -0.39 is 0 Å². The van der Waals surface area contributed by atoms with Crippen LogP contribution in [0.15, 0.2) is 0 Å². The van der Waals surface area contributed by atoms with Crippen molar-refractivity contribution in [3.8, 4) is 0 Å². The minimum absolute atomic E-state index is 1.07. The molecule has 0 spiro atoms. The van der Waals surface area contributed by atoms with E-state index in [-0.39, 0.29) is 0 Å². The molecule has 84 valence electrons. The standard InChI is InChI=1S/C13H27N/c1-2-3-11-14-12-7-10-13-8-5-4-6-9-13/h13-14H,2-12H2,1H3. The molecule has 1 aliphatic rings. The van der Waals surface area contributed by atoms with Gasteiger partial charge < -0.3 is 5.32 Å². The van der Waals surface area contributed by atoms with Gasteiger partial charge in [-0.1, -0.05) is 45.4 Å². The minimum atomic E-state index is 1.07. The van der Waals surface area contributed by atoms with E-state index in [9.17, 15) is 0 Å². The van der Waals surface area contributed by atoms with Crippen molar-refractivity contribution in [1.82, 2.24) is 5.32 Å². The molecule has 1 fully saturated rings. The number of hydrogen-bond donors (Lipinski definition) is 1. The zero-order valence-electron chi connectivity index (χ0n) is 9.86. The monoisotopic (exact) mass is 197 g/mol. The molecule has 14 heavy (non-hydrogen) atoms. The third kappa shape index (κ3) is 5.64. The smallest absolute Gasteiger partial charge is 0.00488 e. The summed E-state index contributed by atoms with van der Waals surface area (Å²) in [5.41, 5.74) is 0. The first-order valence-electron chi connectivity index (χ1n) is 6.64. The SMILES string of the molecule is CCCCNCCCC1CCCCC1. The second-order valence-electron chi connectivity index (χ2n) is 4.75. The Morgan fingerprint density at radius 3 is 2.43 bits per heavy atom. The van der Waals surface area contributed by atoms with Gasteiger partial charge in [-0.05, 0) is 38.3 Å². The summed E-state index contributed by atoms with van der Waals surface area (Å²) in [6.45, 7) is 4.72. The summed E-state index contributed by atoms with van der Waals surface area (Å²) in [7, 11) is 0. The van der Waals surface area contributed by atoms with Gasteiger partial charge >= 0.3 is 0 Å². The molecule has 0 amide bonds. The number of nitrogens with one attached hydrogen (secondary N) is 1.